The molecule has 10 heteroatoms. The molecular weight excluding hydrogens is 349 g/mol. The standard InChI is InChI=1S/C9H6BrF3N4OS/c1-17-5(4(10)6(16-17)9(11,12)13)7(18)15-8-14-2-3-19-8/h2-3H,1H3,(H,14,15,18). The molecule has 0 saturated heterocycles. The van der Waals surface area contributed by atoms with Crippen LogP contribution in [0.4, 0.5) is 18.3 Å². The highest BCUT2D eigenvalue weighted by Crippen LogP contribution is 2.35. The number of aryl methyl sites for hydroxylation is 1. The largest absolute Gasteiger partial charge is 0.436 e. The van der Waals surface area contributed by atoms with E-state index in [-0.39, 0.29) is 5.69 Å². The van der Waals surface area contributed by atoms with E-state index in [0.29, 0.717) is 5.13 Å². The van der Waals surface area contributed by atoms with Gasteiger partial charge in [0.2, 0.25) is 0 Å². The fourth-order valence-corrected chi connectivity index (χ4v) is 2.63. The van der Waals surface area contributed by atoms with Crippen LogP contribution in [0.5, 0.6) is 0 Å². The molecule has 0 atom stereocenters. The lowest BCUT2D eigenvalue weighted by Crippen LogP contribution is -2.16. The number of alkyl halides is 3. The first kappa shape index (κ1) is 14.0. The molecule has 2 heterocycles. The maximum absolute atomic E-state index is 12.6. The lowest BCUT2D eigenvalue weighted by atomic mass is 10.3. The van der Waals surface area contributed by atoms with Gasteiger partial charge in [0.25, 0.3) is 5.91 Å². The average molecular weight is 355 g/mol. The highest BCUT2D eigenvalue weighted by molar-refractivity contribution is 9.10. The van der Waals surface area contributed by atoms with E-state index in [4.69, 9.17) is 0 Å². The summed E-state index contributed by atoms with van der Waals surface area (Å²) in [5.41, 5.74) is -1.36. The predicted octanol–water partition coefficient (Wildman–Crippen LogP) is 2.91. The second-order valence-corrected chi connectivity index (χ2v) is 5.11. The zero-order valence-electron chi connectivity index (χ0n) is 9.32. The van der Waals surface area contributed by atoms with Gasteiger partial charge in [-0.3, -0.25) is 14.8 Å². The quantitative estimate of drug-likeness (QED) is 0.901. The summed E-state index contributed by atoms with van der Waals surface area (Å²) in [6.45, 7) is 0. The number of nitrogens with zero attached hydrogens (tertiary/aromatic N) is 3. The van der Waals surface area contributed by atoms with Crippen LogP contribution in [-0.2, 0) is 13.2 Å². The SMILES string of the molecule is Cn1nc(C(F)(F)F)c(Br)c1C(=O)Nc1nccs1. The van der Waals surface area contributed by atoms with Gasteiger partial charge in [-0.15, -0.1) is 11.3 Å². The Hall–Kier alpha value is -1.42. The number of carbonyl (C=O) groups excluding carboxylic acids is 1. The Morgan fingerprint density at radius 1 is 1.53 bits per heavy atom. The second-order valence-electron chi connectivity index (χ2n) is 3.42. The lowest BCUT2D eigenvalue weighted by Gasteiger charge is -2.03. The van der Waals surface area contributed by atoms with Gasteiger partial charge in [0.05, 0.1) is 4.47 Å². The van der Waals surface area contributed by atoms with Gasteiger partial charge in [0, 0.05) is 18.6 Å². The van der Waals surface area contributed by atoms with Crippen LogP contribution in [0.2, 0.25) is 0 Å². The van der Waals surface area contributed by atoms with Crippen LogP contribution in [0.1, 0.15) is 16.2 Å². The third-order valence-electron chi connectivity index (χ3n) is 2.13. The Labute approximate surface area is 117 Å². The van der Waals surface area contributed by atoms with Crippen molar-refractivity contribution in [3.63, 3.8) is 0 Å². The maximum atomic E-state index is 12.6. The fourth-order valence-electron chi connectivity index (χ4n) is 1.37. The van der Waals surface area contributed by atoms with E-state index in [9.17, 15) is 18.0 Å². The molecule has 0 saturated carbocycles. The molecule has 102 valence electrons. The van der Waals surface area contributed by atoms with E-state index in [1.807, 2.05) is 0 Å². The molecule has 0 fully saturated rings. The number of halogens is 4. The Morgan fingerprint density at radius 3 is 2.68 bits per heavy atom. The van der Waals surface area contributed by atoms with Gasteiger partial charge in [0.15, 0.2) is 10.8 Å². The van der Waals surface area contributed by atoms with Gasteiger partial charge in [-0.2, -0.15) is 18.3 Å². The Morgan fingerprint density at radius 2 is 2.21 bits per heavy atom. The minimum absolute atomic E-state index is 0.220. The van der Waals surface area contributed by atoms with Crippen molar-refractivity contribution >= 4 is 38.3 Å². The molecule has 19 heavy (non-hydrogen) atoms. The second kappa shape index (κ2) is 4.93. The van der Waals surface area contributed by atoms with Crippen molar-refractivity contribution in [1.29, 1.82) is 0 Å². The van der Waals surface area contributed by atoms with Gasteiger partial charge < -0.3 is 0 Å². The predicted molar refractivity (Wildman–Crippen MR) is 66.0 cm³/mol. The first-order chi connectivity index (χ1) is 8.80. The van der Waals surface area contributed by atoms with E-state index >= 15 is 0 Å². The molecule has 0 spiro atoms. The molecule has 0 aromatic carbocycles. The Balaban J connectivity index is 2.35. The molecule has 2 aromatic rings. The molecule has 0 aliphatic carbocycles. The average Bonchev–Trinajstić information content (AvgIpc) is 2.85. The lowest BCUT2D eigenvalue weighted by molar-refractivity contribution is -0.142. The van der Waals surface area contributed by atoms with Crippen molar-refractivity contribution in [2.45, 2.75) is 6.18 Å². The third-order valence-corrected chi connectivity index (χ3v) is 3.57. The minimum atomic E-state index is -4.63. The number of amides is 1. The number of aromatic nitrogens is 3. The van der Waals surface area contributed by atoms with Crippen LogP contribution in [0, 0.1) is 0 Å². The summed E-state index contributed by atoms with van der Waals surface area (Å²) in [5, 5.41) is 7.63. The van der Waals surface area contributed by atoms with Crippen LogP contribution >= 0.6 is 27.3 Å². The van der Waals surface area contributed by atoms with Crippen molar-refractivity contribution in [3.8, 4) is 0 Å². The highest BCUT2D eigenvalue weighted by atomic mass is 79.9. The van der Waals surface area contributed by atoms with Crippen molar-refractivity contribution in [2.75, 3.05) is 5.32 Å². The number of anilines is 1. The Bertz CT molecular complexity index is 608. The van der Waals surface area contributed by atoms with E-state index in [2.05, 4.69) is 31.3 Å². The van der Waals surface area contributed by atoms with Crippen molar-refractivity contribution in [2.24, 2.45) is 7.05 Å². The molecule has 0 aliphatic heterocycles. The van der Waals surface area contributed by atoms with Crippen LogP contribution < -0.4 is 5.32 Å². The summed E-state index contributed by atoms with van der Waals surface area (Å²) >= 11 is 3.92. The molecule has 0 bridgehead atoms. The van der Waals surface area contributed by atoms with E-state index in [0.717, 1.165) is 16.0 Å². The summed E-state index contributed by atoms with van der Waals surface area (Å²) < 4.78 is 38.4. The molecular formula is C9H6BrF3N4OS. The van der Waals surface area contributed by atoms with Gasteiger partial charge in [0.1, 0.15) is 5.69 Å². The van der Waals surface area contributed by atoms with Crippen LogP contribution in [0.15, 0.2) is 16.0 Å². The third kappa shape index (κ3) is 2.78. The number of hydrogen-bond acceptors (Lipinski definition) is 4. The van der Waals surface area contributed by atoms with Crippen molar-refractivity contribution in [1.82, 2.24) is 14.8 Å². The van der Waals surface area contributed by atoms with Gasteiger partial charge >= 0.3 is 6.18 Å². The molecule has 2 aromatic heterocycles. The maximum Gasteiger partial charge on any atom is 0.436 e. The first-order valence-corrected chi connectivity index (χ1v) is 6.48. The summed E-state index contributed by atoms with van der Waals surface area (Å²) in [5.74, 6) is -0.715. The number of carbonyl (C=O) groups is 1. The number of rotatable bonds is 2. The minimum Gasteiger partial charge on any atom is -0.296 e. The fraction of sp³-hybridized carbons (Fsp3) is 0.222. The highest BCUT2D eigenvalue weighted by Gasteiger charge is 2.39. The monoisotopic (exact) mass is 354 g/mol. The van der Waals surface area contributed by atoms with Gasteiger partial charge in [-0.25, -0.2) is 4.98 Å². The molecule has 0 aliphatic rings. The zero-order chi connectivity index (χ0) is 14.2. The summed E-state index contributed by atoms with van der Waals surface area (Å²) in [4.78, 5) is 15.7. The molecule has 1 N–H and O–H groups in total. The molecule has 5 nitrogen and oxygen atoms in total. The number of nitrogens with one attached hydrogen (secondary N) is 1. The van der Waals surface area contributed by atoms with Crippen LogP contribution in [-0.4, -0.2) is 20.7 Å². The van der Waals surface area contributed by atoms with Gasteiger partial charge in [-0.1, -0.05) is 0 Å². The van der Waals surface area contributed by atoms with Gasteiger partial charge in [-0.05, 0) is 15.9 Å². The topological polar surface area (TPSA) is 59.8 Å². The smallest absolute Gasteiger partial charge is 0.296 e. The zero-order valence-corrected chi connectivity index (χ0v) is 11.7. The molecule has 2 rings (SSSR count). The summed E-state index contributed by atoms with van der Waals surface area (Å²) in [6.07, 6.45) is -3.16. The molecule has 0 unspecified atom stereocenters. The number of thiazole rings is 1. The van der Waals surface area contributed by atoms with Crippen molar-refractivity contribution < 1.29 is 18.0 Å². The van der Waals surface area contributed by atoms with E-state index < -0.39 is 22.3 Å². The van der Waals surface area contributed by atoms with Crippen LogP contribution in [0.25, 0.3) is 0 Å². The molecule has 1 amide bonds. The Kier molecular flexibility index (Phi) is 3.63. The van der Waals surface area contributed by atoms with E-state index in [1.54, 1.807) is 5.38 Å². The molecule has 0 radical (unpaired) electrons. The van der Waals surface area contributed by atoms with Crippen molar-refractivity contribution in [3.05, 3.63) is 27.4 Å². The number of hydrogen-bond donors (Lipinski definition) is 1. The summed E-state index contributed by atoms with van der Waals surface area (Å²) in [7, 11) is 1.26. The summed E-state index contributed by atoms with van der Waals surface area (Å²) in [6, 6.07) is 0. The normalized spacial score (nSPS) is 11.6. The first-order valence-electron chi connectivity index (χ1n) is 4.81. The van der Waals surface area contributed by atoms with E-state index in [1.165, 1.54) is 13.2 Å². The van der Waals surface area contributed by atoms with Crippen LogP contribution in [0.3, 0.4) is 0 Å².